The molecule has 2 rings (SSSR count). The van der Waals surface area contributed by atoms with Crippen LogP contribution in [0.25, 0.3) is 0 Å². The highest BCUT2D eigenvalue weighted by atomic mass is 79.9. The van der Waals surface area contributed by atoms with Crippen LogP contribution in [0.3, 0.4) is 0 Å². The molecule has 0 amide bonds. The van der Waals surface area contributed by atoms with Crippen LogP contribution in [0.1, 0.15) is 12.8 Å². The summed E-state index contributed by atoms with van der Waals surface area (Å²) in [6.07, 6.45) is 2.11. The third kappa shape index (κ3) is 2.71. The van der Waals surface area contributed by atoms with Crippen molar-refractivity contribution in [2.24, 2.45) is 0 Å². The van der Waals surface area contributed by atoms with Crippen molar-refractivity contribution in [1.29, 1.82) is 0 Å². The molecule has 1 N–H and O–H groups in total. The van der Waals surface area contributed by atoms with Crippen molar-refractivity contribution in [3.63, 3.8) is 0 Å². The van der Waals surface area contributed by atoms with Gasteiger partial charge in [0.05, 0.1) is 0 Å². The van der Waals surface area contributed by atoms with Crippen LogP contribution < -0.4 is 10.1 Å². The summed E-state index contributed by atoms with van der Waals surface area (Å²) in [5.74, 6) is -1.87. The van der Waals surface area contributed by atoms with E-state index in [-0.39, 0.29) is 11.8 Å². The van der Waals surface area contributed by atoms with Crippen molar-refractivity contribution in [2.75, 3.05) is 13.2 Å². The second kappa shape index (κ2) is 5.10. The molecular formula is C11H12BrF2NO. The molecule has 0 radical (unpaired) electrons. The average Bonchev–Trinajstić information content (AvgIpc) is 2.74. The first kappa shape index (κ1) is 11.8. The Balaban J connectivity index is 2.02. The number of hydrogen-bond acceptors (Lipinski definition) is 2. The van der Waals surface area contributed by atoms with Crippen molar-refractivity contribution < 1.29 is 13.5 Å². The van der Waals surface area contributed by atoms with Gasteiger partial charge in [-0.1, -0.05) is 15.9 Å². The topological polar surface area (TPSA) is 21.3 Å². The number of rotatable bonds is 3. The first-order valence-corrected chi connectivity index (χ1v) is 5.97. The molecule has 0 aliphatic carbocycles. The summed E-state index contributed by atoms with van der Waals surface area (Å²) in [5.41, 5.74) is 0. The van der Waals surface area contributed by atoms with Crippen LogP contribution in [0.4, 0.5) is 8.78 Å². The summed E-state index contributed by atoms with van der Waals surface area (Å²) in [6, 6.07) is 2.75. The smallest absolute Gasteiger partial charge is 0.200 e. The Morgan fingerprint density at radius 3 is 2.94 bits per heavy atom. The quantitative estimate of drug-likeness (QED) is 0.865. The molecule has 1 aromatic rings. The van der Waals surface area contributed by atoms with Gasteiger partial charge in [-0.25, -0.2) is 4.39 Å². The molecule has 5 heteroatoms. The molecule has 1 aromatic carbocycles. The minimum absolute atomic E-state index is 0.0411. The number of halogens is 3. The first-order valence-electron chi connectivity index (χ1n) is 5.17. The summed E-state index contributed by atoms with van der Waals surface area (Å²) < 4.78 is 32.1. The molecule has 1 saturated heterocycles. The molecule has 1 heterocycles. The lowest BCUT2D eigenvalue weighted by Crippen LogP contribution is -2.28. The Hall–Kier alpha value is -0.680. The van der Waals surface area contributed by atoms with Crippen molar-refractivity contribution >= 4 is 15.9 Å². The summed E-state index contributed by atoms with van der Waals surface area (Å²) in [7, 11) is 0. The molecular weight excluding hydrogens is 280 g/mol. The fourth-order valence-corrected chi connectivity index (χ4v) is 2.14. The Bertz CT molecular complexity index is 380. The van der Waals surface area contributed by atoms with Gasteiger partial charge in [-0.05, 0) is 31.5 Å². The molecule has 1 aliphatic rings. The third-order valence-electron chi connectivity index (χ3n) is 2.56. The van der Waals surface area contributed by atoms with Crippen LogP contribution in [0.15, 0.2) is 16.6 Å². The van der Waals surface area contributed by atoms with Gasteiger partial charge in [0, 0.05) is 10.5 Å². The Morgan fingerprint density at radius 1 is 1.44 bits per heavy atom. The maximum absolute atomic E-state index is 13.3. The summed E-state index contributed by atoms with van der Waals surface area (Å²) in [5, 5.41) is 3.22. The van der Waals surface area contributed by atoms with Gasteiger partial charge < -0.3 is 10.1 Å². The summed E-state index contributed by atoms with van der Waals surface area (Å²) >= 11 is 3.10. The highest BCUT2D eigenvalue weighted by Gasteiger charge is 2.17. The van der Waals surface area contributed by atoms with Crippen molar-refractivity contribution in [3.8, 4) is 5.75 Å². The monoisotopic (exact) mass is 291 g/mol. The standard InChI is InChI=1S/C11H12BrF2NO/c12-7-4-9(13)11(14)10(5-7)16-6-8-2-1-3-15-8/h4-5,8,15H,1-3,6H2/t8-/m1/s1. The number of ether oxygens (including phenoxy) is 1. The van der Waals surface area contributed by atoms with E-state index in [9.17, 15) is 8.78 Å². The van der Waals surface area contributed by atoms with Crippen LogP contribution >= 0.6 is 15.9 Å². The minimum Gasteiger partial charge on any atom is -0.489 e. The number of hydrogen-bond donors (Lipinski definition) is 1. The first-order chi connectivity index (χ1) is 7.66. The molecule has 88 valence electrons. The van der Waals surface area contributed by atoms with Gasteiger partial charge in [-0.15, -0.1) is 0 Å². The normalized spacial score (nSPS) is 20.1. The van der Waals surface area contributed by atoms with Gasteiger partial charge in [0.15, 0.2) is 11.6 Å². The van der Waals surface area contributed by atoms with E-state index in [1.807, 2.05) is 0 Å². The Labute approximate surface area is 101 Å². The van der Waals surface area contributed by atoms with Crippen molar-refractivity contribution in [1.82, 2.24) is 5.32 Å². The summed E-state index contributed by atoms with van der Waals surface area (Å²) in [6.45, 7) is 1.33. The van der Waals surface area contributed by atoms with E-state index in [2.05, 4.69) is 21.2 Å². The second-order valence-electron chi connectivity index (χ2n) is 3.80. The molecule has 0 saturated carbocycles. The maximum Gasteiger partial charge on any atom is 0.200 e. The zero-order chi connectivity index (χ0) is 11.5. The van der Waals surface area contributed by atoms with Gasteiger partial charge in [-0.3, -0.25) is 0 Å². The predicted octanol–water partition coefficient (Wildman–Crippen LogP) is 2.86. The molecule has 0 unspecified atom stereocenters. The van der Waals surface area contributed by atoms with Gasteiger partial charge in [0.2, 0.25) is 5.82 Å². The second-order valence-corrected chi connectivity index (χ2v) is 4.72. The summed E-state index contributed by atoms with van der Waals surface area (Å²) in [4.78, 5) is 0. The molecule has 0 bridgehead atoms. The molecule has 1 fully saturated rings. The van der Waals surface area contributed by atoms with Gasteiger partial charge in [0.1, 0.15) is 6.61 Å². The van der Waals surface area contributed by atoms with Gasteiger partial charge >= 0.3 is 0 Å². The minimum atomic E-state index is -0.929. The van der Waals surface area contributed by atoms with E-state index in [1.165, 1.54) is 6.07 Å². The molecule has 1 atom stereocenters. The molecule has 2 nitrogen and oxygen atoms in total. The SMILES string of the molecule is Fc1cc(Br)cc(OC[C@H]2CCCN2)c1F. The highest BCUT2D eigenvalue weighted by Crippen LogP contribution is 2.25. The average molecular weight is 292 g/mol. The van der Waals surface area contributed by atoms with Crippen molar-refractivity contribution in [3.05, 3.63) is 28.2 Å². The van der Waals surface area contributed by atoms with Gasteiger partial charge in [0.25, 0.3) is 0 Å². The molecule has 0 spiro atoms. The number of nitrogens with one attached hydrogen (secondary N) is 1. The molecule has 1 aliphatic heterocycles. The fourth-order valence-electron chi connectivity index (χ4n) is 1.73. The van der Waals surface area contributed by atoms with Crippen molar-refractivity contribution in [2.45, 2.75) is 18.9 Å². The van der Waals surface area contributed by atoms with E-state index < -0.39 is 11.6 Å². The molecule has 16 heavy (non-hydrogen) atoms. The van der Waals surface area contributed by atoms with Crippen LogP contribution in [0.5, 0.6) is 5.75 Å². The predicted molar refractivity (Wildman–Crippen MR) is 60.6 cm³/mol. The van der Waals surface area contributed by atoms with Crippen LogP contribution in [-0.2, 0) is 0 Å². The fraction of sp³-hybridized carbons (Fsp3) is 0.455. The zero-order valence-electron chi connectivity index (χ0n) is 8.60. The van der Waals surface area contributed by atoms with Crippen LogP contribution in [-0.4, -0.2) is 19.2 Å². The Morgan fingerprint density at radius 2 is 2.25 bits per heavy atom. The van der Waals surface area contributed by atoms with E-state index >= 15 is 0 Å². The lowest BCUT2D eigenvalue weighted by Gasteiger charge is -2.13. The van der Waals surface area contributed by atoms with E-state index in [0.29, 0.717) is 11.1 Å². The maximum atomic E-state index is 13.3. The van der Waals surface area contributed by atoms with Gasteiger partial charge in [-0.2, -0.15) is 4.39 Å². The number of benzene rings is 1. The largest absolute Gasteiger partial charge is 0.489 e. The van der Waals surface area contributed by atoms with E-state index in [4.69, 9.17) is 4.74 Å². The van der Waals surface area contributed by atoms with E-state index in [1.54, 1.807) is 0 Å². The highest BCUT2D eigenvalue weighted by molar-refractivity contribution is 9.10. The van der Waals surface area contributed by atoms with Crippen LogP contribution in [0, 0.1) is 11.6 Å². The third-order valence-corrected chi connectivity index (χ3v) is 3.02. The lowest BCUT2D eigenvalue weighted by atomic mass is 10.2. The Kier molecular flexibility index (Phi) is 3.76. The zero-order valence-corrected chi connectivity index (χ0v) is 10.2. The lowest BCUT2D eigenvalue weighted by molar-refractivity contribution is 0.261. The van der Waals surface area contributed by atoms with E-state index in [0.717, 1.165) is 25.5 Å². The van der Waals surface area contributed by atoms with Crippen LogP contribution in [0.2, 0.25) is 0 Å². The molecule has 0 aromatic heterocycles.